The van der Waals surface area contributed by atoms with Crippen LogP contribution in [0.25, 0.3) is 10.8 Å². The van der Waals surface area contributed by atoms with E-state index in [1.165, 1.54) is 13.8 Å². The van der Waals surface area contributed by atoms with E-state index in [2.05, 4.69) is 24.3 Å². The van der Waals surface area contributed by atoms with Gasteiger partial charge < -0.3 is 18.9 Å². The number of rotatable bonds is 4. The Kier molecular flexibility index (Phi) is 5.72. The number of esters is 2. The molecule has 0 unspecified atom stereocenters. The fourth-order valence-electron chi connectivity index (χ4n) is 4.27. The number of hydrogen-bond donors (Lipinski definition) is 0. The molecule has 2 aromatic rings. The van der Waals surface area contributed by atoms with Crippen LogP contribution >= 0.6 is 0 Å². The van der Waals surface area contributed by atoms with Gasteiger partial charge in [-0.15, -0.1) is 0 Å². The van der Waals surface area contributed by atoms with Crippen LogP contribution < -0.4 is 0 Å². The highest BCUT2D eigenvalue weighted by Crippen LogP contribution is 2.43. The Morgan fingerprint density at radius 1 is 1.10 bits per heavy atom. The molecule has 2 aliphatic heterocycles. The quantitative estimate of drug-likeness (QED) is 0.716. The molecule has 0 radical (unpaired) electrons. The SMILES string of the molecule is CC(=O)OC[C@H]1O[C@@H]2OC(C)=N[C@H](c3cccc4ccccc34)[C@@H]2C[C@H]1OC(C)=O. The van der Waals surface area contributed by atoms with Crippen LogP contribution in [0.4, 0.5) is 0 Å². The van der Waals surface area contributed by atoms with Gasteiger partial charge in [0, 0.05) is 20.8 Å². The summed E-state index contributed by atoms with van der Waals surface area (Å²) in [5.41, 5.74) is 1.08. The molecule has 2 heterocycles. The first kappa shape index (κ1) is 20.3. The minimum atomic E-state index is -0.599. The van der Waals surface area contributed by atoms with Crippen molar-refractivity contribution in [3.05, 3.63) is 48.0 Å². The smallest absolute Gasteiger partial charge is 0.302 e. The maximum atomic E-state index is 11.7. The molecule has 1 fully saturated rings. The zero-order valence-electron chi connectivity index (χ0n) is 17.2. The fraction of sp³-hybridized carbons (Fsp3) is 0.435. The van der Waals surface area contributed by atoms with E-state index < -0.39 is 30.4 Å². The van der Waals surface area contributed by atoms with Gasteiger partial charge >= 0.3 is 11.9 Å². The van der Waals surface area contributed by atoms with E-state index in [0.29, 0.717) is 12.3 Å². The van der Waals surface area contributed by atoms with E-state index in [4.69, 9.17) is 23.9 Å². The van der Waals surface area contributed by atoms with Gasteiger partial charge in [-0.2, -0.15) is 0 Å². The first-order valence-electron chi connectivity index (χ1n) is 10.1. The normalized spacial score (nSPS) is 28.1. The third kappa shape index (κ3) is 4.16. The summed E-state index contributed by atoms with van der Waals surface area (Å²) in [5.74, 6) is -0.449. The highest BCUT2D eigenvalue weighted by Gasteiger charge is 2.47. The monoisotopic (exact) mass is 411 g/mol. The van der Waals surface area contributed by atoms with Crippen LogP contribution in [0, 0.1) is 5.92 Å². The van der Waals surface area contributed by atoms with Crippen molar-refractivity contribution in [1.82, 2.24) is 0 Å². The van der Waals surface area contributed by atoms with Gasteiger partial charge in [0.15, 0.2) is 5.90 Å². The Balaban J connectivity index is 1.68. The molecule has 158 valence electrons. The molecule has 0 N–H and O–H groups in total. The number of carbonyl (C=O) groups is 2. The molecule has 30 heavy (non-hydrogen) atoms. The highest BCUT2D eigenvalue weighted by molar-refractivity contribution is 5.86. The molecular formula is C23H25NO6. The van der Waals surface area contributed by atoms with Gasteiger partial charge in [-0.3, -0.25) is 9.59 Å². The Labute approximate surface area is 175 Å². The van der Waals surface area contributed by atoms with Crippen LogP contribution in [-0.2, 0) is 28.5 Å². The Hall–Kier alpha value is -2.93. The highest BCUT2D eigenvalue weighted by atomic mass is 16.7. The second kappa shape index (κ2) is 8.44. The number of aliphatic imine (C=N–C) groups is 1. The Morgan fingerprint density at radius 2 is 1.87 bits per heavy atom. The molecular weight excluding hydrogens is 386 g/mol. The van der Waals surface area contributed by atoms with Crippen LogP contribution in [-0.4, -0.2) is 42.9 Å². The summed E-state index contributed by atoms with van der Waals surface area (Å²) in [6.07, 6.45) is -1.24. The van der Waals surface area contributed by atoms with Crippen LogP contribution in [0.1, 0.15) is 38.8 Å². The van der Waals surface area contributed by atoms with E-state index >= 15 is 0 Å². The van der Waals surface area contributed by atoms with Crippen molar-refractivity contribution in [2.24, 2.45) is 10.9 Å². The van der Waals surface area contributed by atoms with E-state index in [9.17, 15) is 9.59 Å². The van der Waals surface area contributed by atoms with Crippen LogP contribution in [0.3, 0.4) is 0 Å². The molecule has 0 aromatic heterocycles. The molecule has 7 nitrogen and oxygen atoms in total. The van der Waals surface area contributed by atoms with Crippen LogP contribution in [0.2, 0.25) is 0 Å². The van der Waals surface area contributed by atoms with E-state index in [-0.39, 0.29) is 18.6 Å². The van der Waals surface area contributed by atoms with Gasteiger partial charge in [0.05, 0.1) is 12.0 Å². The molecule has 4 rings (SSSR count). The maximum absolute atomic E-state index is 11.7. The largest absolute Gasteiger partial charge is 0.463 e. The lowest BCUT2D eigenvalue weighted by molar-refractivity contribution is -0.245. The molecule has 0 aliphatic carbocycles. The average molecular weight is 411 g/mol. The van der Waals surface area contributed by atoms with Gasteiger partial charge in [0.25, 0.3) is 0 Å². The third-order valence-corrected chi connectivity index (χ3v) is 5.50. The lowest BCUT2D eigenvalue weighted by Gasteiger charge is -2.44. The van der Waals surface area contributed by atoms with E-state index in [0.717, 1.165) is 16.3 Å². The zero-order chi connectivity index (χ0) is 21.3. The summed E-state index contributed by atoms with van der Waals surface area (Å²) in [6.45, 7) is 4.49. The minimum absolute atomic E-state index is 0.00498. The Bertz CT molecular complexity index is 981. The van der Waals surface area contributed by atoms with E-state index in [1.54, 1.807) is 6.92 Å². The summed E-state index contributed by atoms with van der Waals surface area (Å²) in [6, 6.07) is 14.1. The predicted molar refractivity (Wildman–Crippen MR) is 110 cm³/mol. The first-order chi connectivity index (χ1) is 14.4. The third-order valence-electron chi connectivity index (χ3n) is 5.50. The van der Waals surface area contributed by atoms with Crippen molar-refractivity contribution in [2.45, 2.75) is 51.7 Å². The summed E-state index contributed by atoms with van der Waals surface area (Å²) in [5, 5.41) is 2.25. The van der Waals surface area contributed by atoms with Gasteiger partial charge in [0.1, 0.15) is 18.8 Å². The lowest BCUT2D eigenvalue weighted by atomic mass is 9.82. The molecule has 7 heteroatoms. The molecule has 0 spiro atoms. The Morgan fingerprint density at radius 3 is 2.63 bits per heavy atom. The minimum Gasteiger partial charge on any atom is -0.463 e. The van der Waals surface area contributed by atoms with Crippen molar-refractivity contribution in [3.63, 3.8) is 0 Å². The summed E-state index contributed by atoms with van der Waals surface area (Å²) in [4.78, 5) is 27.8. The second-order valence-electron chi connectivity index (χ2n) is 7.67. The summed E-state index contributed by atoms with van der Waals surface area (Å²) < 4.78 is 22.7. The van der Waals surface area contributed by atoms with E-state index in [1.807, 2.05) is 18.2 Å². The van der Waals surface area contributed by atoms with Crippen molar-refractivity contribution < 1.29 is 28.5 Å². The first-order valence-corrected chi connectivity index (χ1v) is 10.1. The van der Waals surface area contributed by atoms with Crippen molar-refractivity contribution in [3.8, 4) is 0 Å². The molecule has 5 atom stereocenters. The number of carbonyl (C=O) groups excluding carboxylic acids is 2. The lowest BCUT2D eigenvalue weighted by Crippen LogP contribution is -2.52. The van der Waals surface area contributed by atoms with Gasteiger partial charge in [-0.1, -0.05) is 42.5 Å². The molecule has 1 saturated heterocycles. The van der Waals surface area contributed by atoms with Crippen molar-refractivity contribution in [1.29, 1.82) is 0 Å². The zero-order valence-corrected chi connectivity index (χ0v) is 17.2. The van der Waals surface area contributed by atoms with Crippen LogP contribution in [0.15, 0.2) is 47.5 Å². The molecule has 0 amide bonds. The summed E-state index contributed by atoms with van der Waals surface area (Å²) in [7, 11) is 0. The van der Waals surface area contributed by atoms with Crippen molar-refractivity contribution in [2.75, 3.05) is 6.61 Å². The molecule has 0 bridgehead atoms. The van der Waals surface area contributed by atoms with Crippen LogP contribution in [0.5, 0.6) is 0 Å². The molecule has 0 saturated carbocycles. The number of ether oxygens (including phenoxy) is 4. The molecule has 2 aromatic carbocycles. The molecule has 2 aliphatic rings. The fourth-order valence-corrected chi connectivity index (χ4v) is 4.27. The number of fused-ring (bicyclic) bond motifs is 2. The summed E-state index contributed by atoms with van der Waals surface area (Å²) >= 11 is 0. The maximum Gasteiger partial charge on any atom is 0.302 e. The van der Waals surface area contributed by atoms with Gasteiger partial charge in [-0.25, -0.2) is 4.99 Å². The number of hydrogen-bond acceptors (Lipinski definition) is 7. The van der Waals surface area contributed by atoms with Gasteiger partial charge in [0.2, 0.25) is 6.29 Å². The predicted octanol–water partition coefficient (Wildman–Crippen LogP) is 3.56. The van der Waals surface area contributed by atoms with Gasteiger partial charge in [-0.05, 0) is 22.8 Å². The average Bonchev–Trinajstić information content (AvgIpc) is 2.71. The topological polar surface area (TPSA) is 83.4 Å². The number of benzene rings is 2. The van der Waals surface area contributed by atoms with Crippen molar-refractivity contribution >= 4 is 28.6 Å². The number of nitrogens with zero attached hydrogens (tertiary/aromatic N) is 1. The standard InChI is InChI=1S/C23H25NO6/c1-13-24-22(18-10-6-8-16-7-4-5-9-17(16)18)19-11-20(29-15(3)26)21(12-27-14(2)25)30-23(19)28-13/h4-10,19-23H,11-12H2,1-3H3/t19-,20+,21+,22+,23-/m0/s1. The second-order valence-corrected chi connectivity index (χ2v) is 7.67.